The van der Waals surface area contributed by atoms with Crippen molar-refractivity contribution in [3.63, 3.8) is 0 Å². The average molecular weight is 326 g/mol. The first-order valence-corrected chi connectivity index (χ1v) is 1.10. The van der Waals surface area contributed by atoms with Gasteiger partial charge in [-0.15, -0.1) is 0 Å². The molecule has 0 spiro atoms. The molecule has 0 aliphatic carbocycles. The third kappa shape index (κ3) is 1480. The Labute approximate surface area is 95.9 Å². The first-order chi connectivity index (χ1) is 3.46. The minimum atomic E-state index is -1.75. The van der Waals surface area contributed by atoms with Crippen molar-refractivity contribution in [3.05, 3.63) is 30.6 Å². The molecule has 0 aromatic rings. The molecule has 0 aliphatic rings. The van der Waals surface area contributed by atoms with Crippen LogP contribution in [0.5, 0.6) is 0 Å². The van der Waals surface area contributed by atoms with Crippen LogP contribution in [-0.2, 0) is 27.3 Å². The van der Waals surface area contributed by atoms with Crippen LogP contribution in [0.3, 0.4) is 0 Å². The summed E-state index contributed by atoms with van der Waals surface area (Å²) in [7, 11) is 0. The van der Waals surface area contributed by atoms with Crippen LogP contribution >= 0.6 is 0 Å². The molecular formula is H10CdN2O11. The fraction of sp³-hybridized carbons (Fsp3) is 0. The molecule has 0 radical (unpaired) electrons. The van der Waals surface area contributed by atoms with Crippen LogP contribution in [0.15, 0.2) is 0 Å². The van der Waals surface area contributed by atoms with Crippen LogP contribution < -0.4 is 0 Å². The topological polar surface area (TPSA) is 290 Å². The van der Waals surface area contributed by atoms with E-state index in [9.17, 15) is 0 Å². The summed E-state index contributed by atoms with van der Waals surface area (Å²) in [6, 6.07) is 0. The maximum absolute atomic E-state index is 8.25. The van der Waals surface area contributed by atoms with Gasteiger partial charge in [-0.05, 0) is 0 Å². The van der Waals surface area contributed by atoms with Gasteiger partial charge in [-0.25, -0.2) is 0 Å². The van der Waals surface area contributed by atoms with Crippen LogP contribution in [0.4, 0.5) is 0 Å². The van der Waals surface area contributed by atoms with Gasteiger partial charge in [0.2, 0.25) is 0 Å². The normalized spacial score (nSPS) is 3.43. The standard InChI is InChI=1S/Cd.2NO3.5H2O/c;2*2-1(3)4;;;;;/h;;;5*1H2/q+2;2*-1;;;;;. The summed E-state index contributed by atoms with van der Waals surface area (Å²) in [4.78, 5) is 16.5. The molecular weight excluding hydrogens is 316 g/mol. The summed E-state index contributed by atoms with van der Waals surface area (Å²) >= 11 is 0. The number of hydrogen-bond donors (Lipinski definition) is 0. The summed E-state index contributed by atoms with van der Waals surface area (Å²) < 4.78 is 0. The van der Waals surface area contributed by atoms with Gasteiger partial charge in [-0.2, -0.15) is 0 Å². The fourth-order valence-electron chi connectivity index (χ4n) is 0. The molecule has 0 saturated carbocycles. The van der Waals surface area contributed by atoms with Crippen molar-refractivity contribution in [2.75, 3.05) is 0 Å². The molecule has 0 rings (SSSR count). The zero-order valence-electron chi connectivity index (χ0n) is 6.55. The van der Waals surface area contributed by atoms with Crippen LogP contribution in [-0.4, -0.2) is 37.6 Å². The minimum absolute atomic E-state index is 0. The number of nitrogens with zero attached hydrogens (tertiary/aromatic N) is 2. The van der Waals surface area contributed by atoms with E-state index in [1.807, 2.05) is 0 Å². The van der Waals surface area contributed by atoms with Crippen molar-refractivity contribution in [2.45, 2.75) is 0 Å². The Morgan fingerprint density at radius 2 is 0.571 bits per heavy atom. The minimum Gasteiger partial charge on any atom is -0.412 e. The molecule has 0 unspecified atom stereocenters. The average Bonchev–Trinajstić information content (AvgIpc) is 1.25. The van der Waals surface area contributed by atoms with Crippen LogP contribution in [0.2, 0.25) is 0 Å². The molecule has 0 aromatic heterocycles. The Morgan fingerprint density at radius 3 is 0.571 bits per heavy atom. The zero-order valence-corrected chi connectivity index (χ0v) is 10.6. The summed E-state index contributed by atoms with van der Waals surface area (Å²) in [6.07, 6.45) is 0. The molecule has 0 aromatic carbocycles. The third-order valence-corrected chi connectivity index (χ3v) is 0. The monoisotopic (exact) mass is 328 g/mol. The predicted molar refractivity (Wildman–Crippen MR) is 38.8 cm³/mol. The van der Waals surface area contributed by atoms with E-state index in [1.165, 1.54) is 0 Å². The van der Waals surface area contributed by atoms with E-state index in [2.05, 4.69) is 0 Å². The van der Waals surface area contributed by atoms with Crippen molar-refractivity contribution in [1.29, 1.82) is 0 Å². The van der Waals surface area contributed by atoms with Crippen molar-refractivity contribution in [2.24, 2.45) is 0 Å². The van der Waals surface area contributed by atoms with Crippen molar-refractivity contribution >= 4 is 0 Å². The van der Waals surface area contributed by atoms with E-state index in [0.29, 0.717) is 0 Å². The molecule has 0 fully saturated rings. The quantitative estimate of drug-likeness (QED) is 0.239. The number of hydrogen-bond acceptors (Lipinski definition) is 6. The van der Waals surface area contributed by atoms with Crippen molar-refractivity contribution in [1.82, 2.24) is 0 Å². The second kappa shape index (κ2) is 57.2. The van der Waals surface area contributed by atoms with Gasteiger partial charge in [0.15, 0.2) is 0 Å². The Hall–Kier alpha value is -0.878. The van der Waals surface area contributed by atoms with Crippen LogP contribution in [0, 0.1) is 30.6 Å². The maximum Gasteiger partial charge on any atom is 2.00 e. The molecule has 14 heteroatoms. The van der Waals surface area contributed by atoms with Gasteiger partial charge in [-0.3, -0.25) is 0 Å². The van der Waals surface area contributed by atoms with E-state index < -0.39 is 10.2 Å². The van der Waals surface area contributed by atoms with Gasteiger partial charge < -0.3 is 58.0 Å². The largest absolute Gasteiger partial charge is 2.00 e. The van der Waals surface area contributed by atoms with Gasteiger partial charge in [0.05, 0.1) is 10.2 Å². The number of rotatable bonds is 0. The van der Waals surface area contributed by atoms with E-state index >= 15 is 0 Å². The molecule has 0 saturated heterocycles. The van der Waals surface area contributed by atoms with E-state index in [1.54, 1.807) is 0 Å². The van der Waals surface area contributed by atoms with Gasteiger partial charge in [0, 0.05) is 0 Å². The predicted octanol–water partition coefficient (Wildman–Crippen LogP) is -4.60. The van der Waals surface area contributed by atoms with Gasteiger partial charge in [-0.1, -0.05) is 0 Å². The molecule has 10 N–H and O–H groups in total. The zero-order chi connectivity index (χ0) is 7.15. The Morgan fingerprint density at radius 1 is 0.571 bits per heavy atom. The van der Waals surface area contributed by atoms with Gasteiger partial charge in [0.1, 0.15) is 0 Å². The first-order valence-electron chi connectivity index (χ1n) is 1.10. The molecule has 13 nitrogen and oxygen atoms in total. The molecule has 0 atom stereocenters. The molecule has 14 heavy (non-hydrogen) atoms. The van der Waals surface area contributed by atoms with Crippen LogP contribution in [0.25, 0.3) is 0 Å². The van der Waals surface area contributed by atoms with Crippen molar-refractivity contribution in [3.8, 4) is 0 Å². The Bertz CT molecular complexity index is 71.3. The van der Waals surface area contributed by atoms with E-state index in [0.717, 1.165) is 0 Å². The maximum atomic E-state index is 8.25. The summed E-state index contributed by atoms with van der Waals surface area (Å²) in [6.45, 7) is 0. The van der Waals surface area contributed by atoms with Crippen LogP contribution in [0.1, 0.15) is 0 Å². The summed E-state index contributed by atoms with van der Waals surface area (Å²) in [5, 5.41) is 29.5. The van der Waals surface area contributed by atoms with Gasteiger partial charge >= 0.3 is 27.3 Å². The molecule has 0 heterocycles. The van der Waals surface area contributed by atoms with Crippen molar-refractivity contribution < 1.29 is 64.9 Å². The van der Waals surface area contributed by atoms with Gasteiger partial charge in [0.25, 0.3) is 0 Å². The smallest absolute Gasteiger partial charge is 0.412 e. The SMILES string of the molecule is O.O.O.O.O.O=[N+]([O-])[O-].O=[N+]([O-])[O-].[Cd+2]. The molecule has 88 valence electrons. The van der Waals surface area contributed by atoms with E-state index in [4.69, 9.17) is 30.6 Å². The Kier molecular flexibility index (Phi) is 300. The first kappa shape index (κ1) is 73.5. The third-order valence-electron chi connectivity index (χ3n) is 0. The summed E-state index contributed by atoms with van der Waals surface area (Å²) in [5.74, 6) is 0. The van der Waals surface area contributed by atoms with E-state index in [-0.39, 0.29) is 54.7 Å². The molecule has 0 bridgehead atoms. The second-order valence-electron chi connectivity index (χ2n) is 0.447. The second-order valence-corrected chi connectivity index (χ2v) is 0.447. The molecule has 0 aliphatic heterocycles. The summed E-state index contributed by atoms with van der Waals surface area (Å²) in [5.41, 5.74) is 0. The molecule has 0 amide bonds. The Balaban J connectivity index is -0.00000000600. The fourth-order valence-corrected chi connectivity index (χ4v) is 0.